The fourth-order valence-corrected chi connectivity index (χ4v) is 11.1. The summed E-state index contributed by atoms with van der Waals surface area (Å²) in [4.78, 5) is 57.5. The quantitative estimate of drug-likeness (QED) is 0.147. The van der Waals surface area contributed by atoms with Crippen LogP contribution in [0.1, 0.15) is 51.3 Å². The maximum Gasteiger partial charge on any atom is 0.197 e. The van der Waals surface area contributed by atoms with Crippen molar-refractivity contribution in [3.05, 3.63) is 58.0 Å². The number of benzene rings is 1. The van der Waals surface area contributed by atoms with Crippen LogP contribution in [0, 0.1) is 11.8 Å². The molecule has 0 saturated heterocycles. The zero-order chi connectivity index (χ0) is 29.3. The number of carbonyl (C=O) groups is 4. The van der Waals surface area contributed by atoms with Crippen molar-refractivity contribution < 1.29 is 19.2 Å². The minimum absolute atomic E-state index is 0.0742. The van der Waals surface area contributed by atoms with Gasteiger partial charge in [0, 0.05) is 41.9 Å². The van der Waals surface area contributed by atoms with E-state index in [-0.39, 0.29) is 46.3 Å². The van der Waals surface area contributed by atoms with E-state index in [0.717, 1.165) is 71.4 Å². The third kappa shape index (κ3) is 3.31. The minimum atomic E-state index is -0.218. The van der Waals surface area contributed by atoms with E-state index in [1.165, 1.54) is 11.3 Å². The fourth-order valence-electron chi connectivity index (χ4n) is 7.30. The Balaban J connectivity index is 1.14. The average molecular weight is 622 g/mol. The number of aliphatic imine (C=N–C) groups is 1. The number of nitrogens with zero attached hydrogens (tertiary/aromatic N) is 3. The molecule has 7 nitrogen and oxygen atoms in total. The van der Waals surface area contributed by atoms with Crippen molar-refractivity contribution in [2.45, 2.75) is 25.7 Å². The van der Waals surface area contributed by atoms with Gasteiger partial charge in [0.05, 0.1) is 46.4 Å². The summed E-state index contributed by atoms with van der Waals surface area (Å²) in [5.41, 5.74) is 5.68. The predicted molar refractivity (Wildman–Crippen MR) is 174 cm³/mol. The van der Waals surface area contributed by atoms with Gasteiger partial charge in [0.1, 0.15) is 5.00 Å². The van der Waals surface area contributed by atoms with Crippen molar-refractivity contribution >= 4 is 115 Å². The largest absolute Gasteiger partial charge is 0.340 e. The van der Waals surface area contributed by atoms with Crippen LogP contribution in [0.3, 0.4) is 0 Å². The van der Waals surface area contributed by atoms with Gasteiger partial charge in [-0.05, 0) is 31.1 Å². The first kappa shape index (κ1) is 25.5. The smallest absolute Gasteiger partial charge is 0.197 e. The van der Waals surface area contributed by atoms with E-state index in [1.807, 2.05) is 13.1 Å². The summed E-state index contributed by atoms with van der Waals surface area (Å²) in [5, 5.41) is 0.692. The number of thiophene rings is 3. The van der Waals surface area contributed by atoms with Crippen molar-refractivity contribution in [1.29, 1.82) is 0 Å². The molecular weight excluding hydrogens is 599 g/mol. The third-order valence-corrected chi connectivity index (χ3v) is 13.0. The lowest BCUT2D eigenvalue weighted by molar-refractivity contribution is -0.120. The lowest BCUT2D eigenvalue weighted by Gasteiger charge is -2.20. The van der Waals surface area contributed by atoms with Crippen LogP contribution in [0.25, 0.3) is 46.9 Å². The van der Waals surface area contributed by atoms with Crippen LogP contribution in [0.2, 0.25) is 0 Å². The Labute approximate surface area is 256 Å². The van der Waals surface area contributed by atoms with Gasteiger partial charge in [0.25, 0.3) is 0 Å². The Morgan fingerprint density at radius 3 is 1.91 bits per heavy atom. The first-order valence-corrected chi connectivity index (χ1v) is 16.8. The lowest BCUT2D eigenvalue weighted by atomic mass is 9.81. The number of hydrogen-bond donors (Lipinski definition) is 0. The van der Waals surface area contributed by atoms with Crippen molar-refractivity contribution in [2.75, 3.05) is 0 Å². The fraction of sp³-hybridized carbons (Fsp3) is 0.242. The Morgan fingerprint density at radius 2 is 1.30 bits per heavy atom. The first-order valence-electron chi connectivity index (χ1n) is 14.3. The molecular formula is C33H23N3O4S3. The Kier molecular flexibility index (Phi) is 5.21. The van der Waals surface area contributed by atoms with Gasteiger partial charge in [0.2, 0.25) is 0 Å². The van der Waals surface area contributed by atoms with Crippen molar-refractivity contribution in [2.24, 2.45) is 30.9 Å². The highest BCUT2D eigenvalue weighted by molar-refractivity contribution is 7.35. The first-order chi connectivity index (χ1) is 20.8. The van der Waals surface area contributed by atoms with Gasteiger partial charge in [-0.15, -0.1) is 34.0 Å². The average Bonchev–Trinajstić information content (AvgIpc) is 3.85. The number of carbonyl (C=O) groups excluding carboxylic acids is 4. The molecule has 3 aliphatic rings. The van der Waals surface area contributed by atoms with Gasteiger partial charge in [0.15, 0.2) is 28.8 Å². The van der Waals surface area contributed by atoms with Crippen molar-refractivity contribution in [1.82, 2.24) is 9.13 Å². The number of hydrogen-bond acceptors (Lipinski definition) is 8. The SMILES string of the molecule is Cn1c2cc(C=C3C(=O)c4ccccc4C3=O)sc2c2sc3c4sc(N=C5C(=O)C6CCCCC6C5=O)cc4n(C)c3c21. The predicted octanol–water partition coefficient (Wildman–Crippen LogP) is 7.65. The molecule has 10 heteroatoms. The van der Waals surface area contributed by atoms with Gasteiger partial charge >= 0.3 is 0 Å². The van der Waals surface area contributed by atoms with Crippen LogP contribution in [-0.2, 0) is 23.7 Å². The van der Waals surface area contributed by atoms with E-state index in [2.05, 4.69) is 27.2 Å². The number of allylic oxidation sites excluding steroid dienone is 1. The third-order valence-electron chi connectivity index (χ3n) is 9.42. The number of rotatable bonds is 2. The molecule has 3 aliphatic carbocycles. The maximum absolute atomic E-state index is 13.0. The molecule has 0 spiro atoms. The summed E-state index contributed by atoms with van der Waals surface area (Å²) < 4.78 is 8.90. The van der Waals surface area contributed by atoms with Gasteiger partial charge in [-0.3, -0.25) is 19.2 Å². The van der Waals surface area contributed by atoms with Crippen molar-refractivity contribution in [3.63, 3.8) is 0 Å². The summed E-state index contributed by atoms with van der Waals surface area (Å²) in [6.45, 7) is 0. The molecule has 2 fully saturated rings. The molecule has 2 unspecified atom stereocenters. The van der Waals surface area contributed by atoms with Gasteiger partial charge in [-0.2, -0.15) is 0 Å². The molecule has 0 bridgehead atoms. The van der Waals surface area contributed by atoms with Crippen LogP contribution >= 0.6 is 34.0 Å². The lowest BCUT2D eigenvalue weighted by Crippen LogP contribution is -2.21. The Hall–Kier alpha value is -3.99. The molecule has 5 heterocycles. The molecule has 6 aromatic rings. The van der Waals surface area contributed by atoms with E-state index in [0.29, 0.717) is 16.1 Å². The second-order valence-electron chi connectivity index (χ2n) is 11.7. The van der Waals surface area contributed by atoms with Gasteiger partial charge < -0.3 is 9.13 Å². The number of aryl methyl sites for hydroxylation is 2. The molecule has 0 N–H and O–H groups in total. The van der Waals surface area contributed by atoms with Crippen LogP contribution in [0.15, 0.2) is 47.0 Å². The molecule has 2 atom stereocenters. The second kappa shape index (κ2) is 8.78. The molecule has 43 heavy (non-hydrogen) atoms. The van der Waals surface area contributed by atoms with E-state index < -0.39 is 0 Å². The minimum Gasteiger partial charge on any atom is -0.340 e. The van der Waals surface area contributed by atoms with E-state index >= 15 is 0 Å². The van der Waals surface area contributed by atoms with E-state index in [4.69, 9.17) is 0 Å². The van der Waals surface area contributed by atoms with Gasteiger partial charge in [-0.25, -0.2) is 4.99 Å². The summed E-state index contributed by atoms with van der Waals surface area (Å²) in [6.07, 6.45) is 5.32. The Bertz CT molecular complexity index is 2310. The standard InChI is InChI=1S/C33H23N3O4S3/c1-35-20-12-14(11-19-26(37)15-7-3-4-8-16(15)27(19)38)41-30(20)32-24(35)25-33(43-32)31-21(36(25)2)13-22(42-31)34-23-28(39)17-9-5-6-10-18(17)29(23)40/h3-4,7-8,11-13,17-18H,5-6,9-10H2,1-2H3. The van der Waals surface area contributed by atoms with Crippen molar-refractivity contribution in [3.8, 4) is 0 Å². The maximum atomic E-state index is 13.0. The molecule has 2 saturated carbocycles. The monoisotopic (exact) mass is 621 g/mol. The zero-order valence-electron chi connectivity index (χ0n) is 23.2. The second-order valence-corrected chi connectivity index (χ2v) is 14.8. The van der Waals surface area contributed by atoms with Gasteiger partial charge in [-0.1, -0.05) is 37.1 Å². The molecule has 0 aliphatic heterocycles. The summed E-state index contributed by atoms with van der Waals surface area (Å²) in [7, 11) is 4.10. The van der Waals surface area contributed by atoms with E-state index in [1.54, 1.807) is 53.0 Å². The summed E-state index contributed by atoms with van der Waals surface area (Å²) >= 11 is 4.84. The molecule has 0 radical (unpaired) electrons. The zero-order valence-corrected chi connectivity index (χ0v) is 25.7. The molecule has 212 valence electrons. The van der Waals surface area contributed by atoms with Crippen LogP contribution < -0.4 is 0 Å². The number of Topliss-reactive ketones (excluding diaryl/α,β-unsaturated/α-hetero) is 4. The number of aromatic nitrogens is 2. The van der Waals surface area contributed by atoms with Crippen LogP contribution in [-0.4, -0.2) is 38.0 Å². The highest BCUT2D eigenvalue weighted by Crippen LogP contribution is 2.50. The number of fused-ring (bicyclic) bond motifs is 9. The molecule has 0 amide bonds. The van der Waals surface area contributed by atoms with Crippen LogP contribution in [0.5, 0.6) is 0 Å². The highest BCUT2D eigenvalue weighted by Gasteiger charge is 2.47. The summed E-state index contributed by atoms with van der Waals surface area (Å²) in [5.74, 6) is -0.950. The van der Waals surface area contributed by atoms with E-state index in [9.17, 15) is 19.2 Å². The topological polar surface area (TPSA) is 90.5 Å². The Morgan fingerprint density at radius 1 is 0.744 bits per heavy atom. The molecule has 9 rings (SSSR count). The number of ketones is 4. The normalized spacial score (nSPS) is 20.5. The van der Waals surface area contributed by atoms with Crippen LogP contribution in [0.4, 0.5) is 5.00 Å². The highest BCUT2D eigenvalue weighted by atomic mass is 32.1. The molecule has 1 aromatic carbocycles. The summed E-state index contributed by atoms with van der Waals surface area (Å²) in [6, 6.07) is 11.0. The molecule has 5 aromatic heterocycles.